The highest BCUT2D eigenvalue weighted by atomic mass is 16.6. The number of β-amino-alcohol motifs (C(OH)–C–C–N with tert-alkyl or cyclic N) is 1. The number of nitrogens with one attached hydrogen (secondary N) is 1. The molecule has 1 atom stereocenters. The van der Waals surface area contributed by atoms with Crippen LogP contribution in [0.15, 0.2) is 29.6 Å². The zero-order chi connectivity index (χ0) is 13.4. The first kappa shape index (κ1) is 14.6. The summed E-state index contributed by atoms with van der Waals surface area (Å²) in [7, 11) is 0. The molecule has 0 aliphatic heterocycles. The molecule has 2 N–H and O–H groups in total. The van der Waals surface area contributed by atoms with Gasteiger partial charge >= 0.3 is 0 Å². The van der Waals surface area contributed by atoms with Crippen LogP contribution < -0.4 is 5.32 Å². The van der Waals surface area contributed by atoms with E-state index in [1.54, 1.807) is 6.20 Å². The van der Waals surface area contributed by atoms with Crippen molar-refractivity contribution in [3.8, 4) is 0 Å². The Hall–Kier alpha value is -1.46. The number of oxime groups is 1. The number of aliphatic hydroxyl groups is 1. The molecular weight excluding hydrogens is 230 g/mol. The fraction of sp³-hybridized carbons (Fsp3) is 0.538. The molecule has 0 aliphatic rings. The maximum Gasteiger partial charge on any atom is 0.144 e. The highest BCUT2D eigenvalue weighted by molar-refractivity contribution is 5.76. The quantitative estimate of drug-likeness (QED) is 0.588. The molecule has 0 saturated carbocycles. The Labute approximate surface area is 108 Å². The van der Waals surface area contributed by atoms with Crippen LogP contribution >= 0.6 is 0 Å². The summed E-state index contributed by atoms with van der Waals surface area (Å²) in [5.41, 5.74) is 0.706. The topological polar surface area (TPSA) is 66.7 Å². The fourth-order valence-electron chi connectivity index (χ4n) is 1.16. The number of nitrogens with zero attached hydrogens (tertiary/aromatic N) is 2. The summed E-state index contributed by atoms with van der Waals surface area (Å²) >= 11 is 0. The minimum absolute atomic E-state index is 0.0157. The van der Waals surface area contributed by atoms with Crippen molar-refractivity contribution in [2.75, 3.05) is 13.2 Å². The van der Waals surface area contributed by atoms with Crippen molar-refractivity contribution in [1.82, 2.24) is 10.3 Å². The monoisotopic (exact) mass is 251 g/mol. The molecule has 0 spiro atoms. The predicted molar refractivity (Wildman–Crippen MR) is 71.5 cm³/mol. The van der Waals surface area contributed by atoms with Gasteiger partial charge in [0, 0.05) is 18.3 Å². The molecule has 0 aromatic carbocycles. The molecule has 1 aromatic rings. The number of hydrogen-bond donors (Lipinski definition) is 2. The Balaban J connectivity index is 2.19. The van der Waals surface area contributed by atoms with Crippen LogP contribution in [0.25, 0.3) is 0 Å². The predicted octanol–water partition coefficient (Wildman–Crippen LogP) is 1.18. The molecule has 1 aromatic heterocycles. The van der Waals surface area contributed by atoms with Gasteiger partial charge in [0.1, 0.15) is 12.7 Å². The van der Waals surface area contributed by atoms with Crippen LogP contribution in [0, 0.1) is 0 Å². The molecule has 0 saturated heterocycles. The van der Waals surface area contributed by atoms with Crippen LogP contribution in [-0.4, -0.2) is 41.1 Å². The van der Waals surface area contributed by atoms with Crippen LogP contribution in [-0.2, 0) is 4.84 Å². The second kappa shape index (κ2) is 7.08. The van der Waals surface area contributed by atoms with Gasteiger partial charge in [0.15, 0.2) is 0 Å². The first-order valence-corrected chi connectivity index (χ1v) is 5.97. The number of pyridine rings is 1. The Morgan fingerprint density at radius 1 is 1.50 bits per heavy atom. The summed E-state index contributed by atoms with van der Waals surface area (Å²) in [6.07, 6.45) is 2.62. The first-order valence-electron chi connectivity index (χ1n) is 5.97. The van der Waals surface area contributed by atoms with E-state index < -0.39 is 6.10 Å². The Morgan fingerprint density at radius 3 is 2.89 bits per heavy atom. The van der Waals surface area contributed by atoms with Crippen LogP contribution in [0.1, 0.15) is 26.5 Å². The molecule has 0 amide bonds. The second-order valence-electron chi connectivity index (χ2n) is 5.07. The molecule has 1 rings (SSSR count). The highest BCUT2D eigenvalue weighted by Gasteiger charge is 2.12. The number of hydrogen-bond acceptors (Lipinski definition) is 5. The maximum absolute atomic E-state index is 9.63. The van der Waals surface area contributed by atoms with E-state index in [2.05, 4.69) is 15.5 Å². The summed E-state index contributed by atoms with van der Waals surface area (Å²) in [6.45, 7) is 6.76. The zero-order valence-electron chi connectivity index (χ0n) is 11.1. The van der Waals surface area contributed by atoms with Gasteiger partial charge in [-0.15, -0.1) is 0 Å². The zero-order valence-corrected chi connectivity index (χ0v) is 11.1. The minimum Gasteiger partial charge on any atom is -0.393 e. The molecule has 0 bridgehead atoms. The summed E-state index contributed by atoms with van der Waals surface area (Å²) in [4.78, 5) is 9.06. The van der Waals surface area contributed by atoms with Gasteiger partial charge in [-0.25, -0.2) is 0 Å². The lowest BCUT2D eigenvalue weighted by Crippen LogP contribution is -2.42. The smallest absolute Gasteiger partial charge is 0.144 e. The van der Waals surface area contributed by atoms with Crippen molar-refractivity contribution in [2.24, 2.45) is 5.16 Å². The fourth-order valence-corrected chi connectivity index (χ4v) is 1.16. The Kier molecular flexibility index (Phi) is 5.74. The number of aromatic nitrogens is 1. The van der Waals surface area contributed by atoms with Crippen LogP contribution in [0.3, 0.4) is 0 Å². The first-order chi connectivity index (χ1) is 8.47. The number of rotatable bonds is 6. The van der Waals surface area contributed by atoms with E-state index in [-0.39, 0.29) is 12.1 Å². The van der Waals surface area contributed by atoms with Crippen molar-refractivity contribution in [3.05, 3.63) is 30.1 Å². The molecule has 1 unspecified atom stereocenters. The highest BCUT2D eigenvalue weighted by Crippen LogP contribution is 1.98. The normalized spacial score (nSPS) is 13.8. The Morgan fingerprint density at radius 2 is 2.28 bits per heavy atom. The summed E-state index contributed by atoms with van der Waals surface area (Å²) in [5, 5.41) is 16.6. The van der Waals surface area contributed by atoms with Crippen molar-refractivity contribution in [3.63, 3.8) is 0 Å². The molecular formula is C13H21N3O2. The lowest BCUT2D eigenvalue weighted by atomic mass is 10.1. The van der Waals surface area contributed by atoms with Crippen molar-refractivity contribution in [2.45, 2.75) is 32.4 Å². The summed E-state index contributed by atoms with van der Waals surface area (Å²) in [6, 6.07) is 5.53. The average Bonchev–Trinajstić information content (AvgIpc) is 2.33. The van der Waals surface area contributed by atoms with Gasteiger partial charge in [0.05, 0.1) is 11.9 Å². The second-order valence-corrected chi connectivity index (χ2v) is 5.07. The molecule has 0 fully saturated rings. The maximum atomic E-state index is 9.63. The lowest BCUT2D eigenvalue weighted by Gasteiger charge is -2.22. The van der Waals surface area contributed by atoms with E-state index in [1.165, 1.54) is 6.21 Å². The van der Waals surface area contributed by atoms with E-state index in [1.807, 2.05) is 39.0 Å². The molecule has 100 valence electrons. The largest absolute Gasteiger partial charge is 0.393 e. The molecule has 0 radical (unpaired) electrons. The molecule has 1 heterocycles. The summed E-state index contributed by atoms with van der Waals surface area (Å²) in [5.74, 6) is 0. The van der Waals surface area contributed by atoms with Crippen LogP contribution in [0.5, 0.6) is 0 Å². The van der Waals surface area contributed by atoms with Gasteiger partial charge in [-0.05, 0) is 32.9 Å². The van der Waals surface area contributed by atoms with Crippen molar-refractivity contribution in [1.29, 1.82) is 0 Å². The van der Waals surface area contributed by atoms with Crippen LogP contribution in [0.2, 0.25) is 0 Å². The Bertz CT molecular complexity index is 360. The third kappa shape index (κ3) is 6.98. The number of aliphatic hydroxyl groups excluding tert-OH is 1. The molecule has 18 heavy (non-hydrogen) atoms. The lowest BCUT2D eigenvalue weighted by molar-refractivity contribution is 0.0379. The SMILES string of the molecule is CC(C)(C)NCC(O)CO/N=C/c1ccccn1. The van der Waals surface area contributed by atoms with Gasteiger partial charge < -0.3 is 15.3 Å². The third-order valence-corrected chi connectivity index (χ3v) is 2.08. The van der Waals surface area contributed by atoms with Crippen molar-refractivity contribution < 1.29 is 9.94 Å². The van der Waals surface area contributed by atoms with E-state index >= 15 is 0 Å². The van der Waals surface area contributed by atoms with Crippen molar-refractivity contribution >= 4 is 6.21 Å². The van der Waals surface area contributed by atoms with E-state index in [9.17, 15) is 5.11 Å². The third-order valence-electron chi connectivity index (χ3n) is 2.08. The van der Waals surface area contributed by atoms with Crippen LogP contribution in [0.4, 0.5) is 0 Å². The summed E-state index contributed by atoms with van der Waals surface area (Å²) < 4.78 is 0. The minimum atomic E-state index is -0.579. The molecule has 5 heteroatoms. The average molecular weight is 251 g/mol. The van der Waals surface area contributed by atoms with Gasteiger partial charge in [-0.2, -0.15) is 0 Å². The van der Waals surface area contributed by atoms with Gasteiger partial charge in [0.2, 0.25) is 0 Å². The van der Waals surface area contributed by atoms with E-state index in [0.29, 0.717) is 6.54 Å². The van der Waals surface area contributed by atoms with Gasteiger partial charge in [0.25, 0.3) is 0 Å². The molecule has 0 aliphatic carbocycles. The van der Waals surface area contributed by atoms with E-state index in [0.717, 1.165) is 5.69 Å². The standard InChI is InChI=1S/C13H21N3O2/c1-13(2,3)15-9-12(17)10-18-16-8-11-6-4-5-7-14-11/h4-8,12,15,17H,9-10H2,1-3H3/b16-8+. The molecule has 5 nitrogen and oxygen atoms in total. The van der Waals surface area contributed by atoms with E-state index in [4.69, 9.17) is 4.84 Å². The van der Waals surface area contributed by atoms with Gasteiger partial charge in [-0.3, -0.25) is 4.98 Å². The van der Waals surface area contributed by atoms with Gasteiger partial charge in [-0.1, -0.05) is 11.2 Å².